The largest absolute Gasteiger partial charge is 0.346 e. The number of nitrogens with one attached hydrogen (secondary N) is 1. The third-order valence-corrected chi connectivity index (χ3v) is 6.05. The van der Waals surface area contributed by atoms with Gasteiger partial charge in [0.05, 0.1) is 6.42 Å². The zero-order valence-electron chi connectivity index (χ0n) is 14.4. The standard InChI is InChI=1S/C20H18ClN3OS/c1-13-19(15-5-3-2-4-6-15)20(25)24-17(23-13)9-10-26-18(24)11-14-7-8-16(21)22-12-14/h2-8,12,18H,9-11H2,1H3/p+1. The van der Waals surface area contributed by atoms with Crippen LogP contribution in [0.5, 0.6) is 0 Å². The second-order valence-electron chi connectivity index (χ2n) is 6.38. The van der Waals surface area contributed by atoms with Gasteiger partial charge >= 0.3 is 5.56 Å². The number of hydrogen-bond donors (Lipinski definition) is 0. The molecule has 0 aliphatic carbocycles. The fraction of sp³-hybridized carbons (Fsp3) is 0.250. The van der Waals surface area contributed by atoms with E-state index in [-0.39, 0.29) is 10.9 Å². The summed E-state index contributed by atoms with van der Waals surface area (Å²) in [6, 6.07) is 13.6. The molecular weight excluding hydrogens is 366 g/mol. The molecule has 2 aromatic heterocycles. The number of aryl methyl sites for hydroxylation is 2. The van der Waals surface area contributed by atoms with Gasteiger partial charge in [0, 0.05) is 18.4 Å². The molecule has 3 heterocycles. The number of halogens is 1. The van der Waals surface area contributed by atoms with Crippen LogP contribution in [0.2, 0.25) is 5.15 Å². The summed E-state index contributed by atoms with van der Waals surface area (Å²) in [5, 5.41) is 0.534. The third-order valence-electron chi connectivity index (χ3n) is 4.63. The molecule has 0 bridgehead atoms. The Morgan fingerprint density at radius 3 is 2.81 bits per heavy atom. The molecule has 0 fully saturated rings. The maximum atomic E-state index is 13.4. The Balaban J connectivity index is 1.79. The smallest absolute Gasteiger partial charge is 0.247 e. The van der Waals surface area contributed by atoms with Crippen molar-refractivity contribution in [1.29, 1.82) is 0 Å². The summed E-state index contributed by atoms with van der Waals surface area (Å²) in [7, 11) is 0. The van der Waals surface area contributed by atoms with Crippen molar-refractivity contribution < 1.29 is 4.98 Å². The highest BCUT2D eigenvalue weighted by atomic mass is 35.5. The molecule has 1 aliphatic heterocycles. The van der Waals surface area contributed by atoms with Crippen molar-refractivity contribution in [3.05, 3.63) is 81.3 Å². The van der Waals surface area contributed by atoms with Gasteiger partial charge in [-0.15, -0.1) is 11.8 Å². The van der Waals surface area contributed by atoms with Crippen LogP contribution >= 0.6 is 23.4 Å². The van der Waals surface area contributed by atoms with Crippen LogP contribution < -0.4 is 10.5 Å². The topological polar surface area (TPSA) is 49.0 Å². The number of hydrogen-bond acceptors (Lipinski definition) is 3. The Kier molecular flexibility index (Phi) is 4.83. The molecule has 6 heteroatoms. The van der Waals surface area contributed by atoms with Gasteiger partial charge in [-0.3, -0.25) is 0 Å². The Bertz CT molecular complexity index is 986. The van der Waals surface area contributed by atoms with Crippen LogP contribution in [0.3, 0.4) is 0 Å². The van der Waals surface area contributed by atoms with E-state index in [4.69, 9.17) is 11.6 Å². The number of benzene rings is 1. The third kappa shape index (κ3) is 3.29. The Morgan fingerprint density at radius 2 is 2.08 bits per heavy atom. The molecule has 0 saturated heterocycles. The Labute approximate surface area is 161 Å². The van der Waals surface area contributed by atoms with Gasteiger partial charge in [-0.25, -0.2) is 14.8 Å². The number of thioether (sulfide) groups is 1. The van der Waals surface area contributed by atoms with E-state index < -0.39 is 0 Å². The monoisotopic (exact) mass is 384 g/mol. The van der Waals surface area contributed by atoms with Crippen LogP contribution in [-0.2, 0) is 12.8 Å². The van der Waals surface area contributed by atoms with Gasteiger partial charge in [0.2, 0.25) is 0 Å². The predicted molar refractivity (Wildman–Crippen MR) is 106 cm³/mol. The van der Waals surface area contributed by atoms with E-state index in [9.17, 15) is 4.79 Å². The summed E-state index contributed by atoms with van der Waals surface area (Å²) in [5.74, 6) is 1.99. The van der Waals surface area contributed by atoms with Gasteiger partial charge in [0.25, 0.3) is 5.82 Å². The highest BCUT2D eigenvalue weighted by Crippen LogP contribution is 2.32. The van der Waals surface area contributed by atoms with Gasteiger partial charge in [-0.05, 0) is 24.1 Å². The normalized spacial score (nSPS) is 16.3. The van der Waals surface area contributed by atoms with E-state index in [0.717, 1.165) is 46.8 Å². The van der Waals surface area contributed by atoms with Crippen LogP contribution in [-0.4, -0.2) is 15.3 Å². The predicted octanol–water partition coefficient (Wildman–Crippen LogP) is 3.72. The summed E-state index contributed by atoms with van der Waals surface area (Å²) in [4.78, 5) is 21.0. The Morgan fingerprint density at radius 1 is 1.27 bits per heavy atom. The quantitative estimate of drug-likeness (QED) is 0.646. The zero-order chi connectivity index (χ0) is 18.1. The van der Waals surface area contributed by atoms with Crippen LogP contribution in [0.15, 0.2) is 53.5 Å². The molecule has 4 nitrogen and oxygen atoms in total. The van der Waals surface area contributed by atoms with E-state index in [1.165, 1.54) is 0 Å². The van der Waals surface area contributed by atoms with Crippen LogP contribution in [0.4, 0.5) is 0 Å². The summed E-state index contributed by atoms with van der Waals surface area (Å²) in [6.45, 7) is 1.98. The second kappa shape index (κ2) is 7.25. The molecule has 1 unspecified atom stereocenters. The molecule has 1 aliphatic rings. The molecule has 26 heavy (non-hydrogen) atoms. The van der Waals surface area contributed by atoms with Gasteiger partial charge < -0.3 is 0 Å². The minimum Gasteiger partial charge on any atom is -0.247 e. The van der Waals surface area contributed by atoms with Crippen molar-refractivity contribution in [2.24, 2.45) is 0 Å². The summed E-state index contributed by atoms with van der Waals surface area (Å²) < 4.78 is 1.93. The number of fused-ring (bicyclic) bond motifs is 1. The number of pyridine rings is 1. The molecule has 1 atom stereocenters. The lowest BCUT2D eigenvalue weighted by molar-refractivity contribution is -0.407. The number of aromatic nitrogens is 3. The highest BCUT2D eigenvalue weighted by molar-refractivity contribution is 7.99. The molecule has 1 aromatic carbocycles. The minimum atomic E-state index is 0.0496. The van der Waals surface area contributed by atoms with Crippen molar-refractivity contribution in [2.75, 3.05) is 5.75 Å². The summed E-state index contributed by atoms with van der Waals surface area (Å²) in [5.41, 5.74) is 3.77. The first-order valence-electron chi connectivity index (χ1n) is 8.58. The van der Waals surface area contributed by atoms with E-state index >= 15 is 0 Å². The Hall–Kier alpha value is -2.11. The zero-order valence-corrected chi connectivity index (χ0v) is 16.0. The molecule has 132 valence electrons. The van der Waals surface area contributed by atoms with E-state index in [0.29, 0.717) is 5.15 Å². The van der Waals surface area contributed by atoms with Gasteiger partial charge in [0.1, 0.15) is 16.4 Å². The summed E-state index contributed by atoms with van der Waals surface area (Å²) >= 11 is 7.70. The van der Waals surface area contributed by atoms with E-state index in [1.54, 1.807) is 12.3 Å². The first-order valence-corrected chi connectivity index (χ1v) is 10.0. The molecule has 0 saturated carbocycles. The molecule has 4 rings (SSSR count). The second-order valence-corrected chi connectivity index (χ2v) is 8.05. The maximum absolute atomic E-state index is 13.4. The fourth-order valence-electron chi connectivity index (χ4n) is 3.42. The molecular formula is C20H19ClN3OS+. The lowest BCUT2D eigenvalue weighted by atomic mass is 10.1. The van der Waals surface area contributed by atoms with E-state index in [1.807, 2.05) is 59.7 Å². The first-order chi connectivity index (χ1) is 12.6. The van der Waals surface area contributed by atoms with Crippen LogP contribution in [0.25, 0.3) is 11.1 Å². The first kappa shape index (κ1) is 17.3. The van der Waals surface area contributed by atoms with Crippen LogP contribution in [0, 0.1) is 6.92 Å². The molecule has 0 amide bonds. The SMILES string of the molecule is Cc1[nH+]c2n(c(=O)c1-c1ccccc1)C(Cc1ccc(Cl)nc1)SCC2. The molecule has 1 N–H and O–H groups in total. The van der Waals surface area contributed by atoms with Crippen molar-refractivity contribution >= 4 is 23.4 Å². The van der Waals surface area contributed by atoms with Gasteiger partial charge in [0.15, 0.2) is 5.37 Å². The maximum Gasteiger partial charge on any atom is 0.346 e. The van der Waals surface area contributed by atoms with Crippen molar-refractivity contribution in [2.45, 2.75) is 25.1 Å². The van der Waals surface area contributed by atoms with Crippen molar-refractivity contribution in [3.8, 4) is 11.1 Å². The number of rotatable bonds is 3. The molecule has 0 spiro atoms. The highest BCUT2D eigenvalue weighted by Gasteiger charge is 2.32. The van der Waals surface area contributed by atoms with Crippen molar-refractivity contribution in [1.82, 2.24) is 9.55 Å². The molecule has 3 aromatic rings. The lowest BCUT2D eigenvalue weighted by Crippen LogP contribution is -2.40. The van der Waals surface area contributed by atoms with Crippen LogP contribution in [0.1, 0.15) is 22.5 Å². The summed E-state index contributed by atoms with van der Waals surface area (Å²) in [6.07, 6.45) is 3.40. The number of H-pyrrole nitrogens is 1. The lowest BCUT2D eigenvalue weighted by Gasteiger charge is -2.22. The van der Waals surface area contributed by atoms with E-state index in [2.05, 4.69) is 9.97 Å². The van der Waals surface area contributed by atoms with Gasteiger partial charge in [-0.1, -0.05) is 48.0 Å². The van der Waals surface area contributed by atoms with Gasteiger partial charge in [-0.2, -0.15) is 4.57 Å². The number of aromatic amines is 1. The van der Waals surface area contributed by atoms with Crippen molar-refractivity contribution in [3.63, 3.8) is 0 Å². The fourth-order valence-corrected chi connectivity index (χ4v) is 4.80. The number of nitrogens with zero attached hydrogens (tertiary/aromatic N) is 2. The average molecular weight is 385 g/mol. The molecule has 0 radical (unpaired) electrons. The minimum absolute atomic E-state index is 0.0496. The average Bonchev–Trinajstić information content (AvgIpc) is 2.64.